The Balaban J connectivity index is 2.01. The number of aromatic nitrogens is 1. The molecule has 0 aliphatic carbocycles. The van der Waals surface area contributed by atoms with Crippen LogP contribution in [0, 0.1) is 0 Å². The second-order valence-corrected chi connectivity index (χ2v) is 4.67. The summed E-state index contributed by atoms with van der Waals surface area (Å²) in [6.07, 6.45) is -1.57. The van der Waals surface area contributed by atoms with E-state index in [1.165, 1.54) is 18.2 Å². The number of nitrogens with zero attached hydrogens (tertiary/aromatic N) is 2. The van der Waals surface area contributed by atoms with Gasteiger partial charge in [0, 0.05) is 24.5 Å². The minimum atomic E-state index is -4.46. The Kier molecular flexibility index (Phi) is 4.65. The van der Waals surface area contributed by atoms with Crippen LogP contribution in [0.4, 0.5) is 13.2 Å². The van der Waals surface area contributed by atoms with Gasteiger partial charge in [-0.25, -0.2) is 5.43 Å². The molecule has 0 aliphatic heterocycles. The third-order valence-electron chi connectivity index (χ3n) is 3.05. The lowest BCUT2D eigenvalue weighted by Crippen LogP contribution is -2.21. The molecule has 2 aromatic rings. The molecule has 0 saturated heterocycles. The van der Waals surface area contributed by atoms with Crippen molar-refractivity contribution in [3.8, 4) is 0 Å². The lowest BCUT2D eigenvalue weighted by Gasteiger charge is -2.09. The Hall–Kier alpha value is -2.57. The predicted octanol–water partition coefficient (Wildman–Crippen LogP) is 2.74. The summed E-state index contributed by atoms with van der Waals surface area (Å²) >= 11 is 0. The van der Waals surface area contributed by atoms with E-state index in [1.807, 2.05) is 0 Å². The predicted molar refractivity (Wildman–Crippen MR) is 76.3 cm³/mol. The van der Waals surface area contributed by atoms with E-state index in [2.05, 4.69) is 10.5 Å². The molecule has 0 aliphatic rings. The SMILES string of the molecule is Cn1cccc1CC(=O)N/N=C\c1ccccc1C(F)(F)F. The van der Waals surface area contributed by atoms with E-state index in [0.717, 1.165) is 18.0 Å². The van der Waals surface area contributed by atoms with Crippen LogP contribution in [0.1, 0.15) is 16.8 Å². The van der Waals surface area contributed by atoms with Crippen LogP contribution in [-0.2, 0) is 24.4 Å². The summed E-state index contributed by atoms with van der Waals surface area (Å²) in [5, 5.41) is 3.59. The number of hydrogen-bond acceptors (Lipinski definition) is 2. The highest BCUT2D eigenvalue weighted by Gasteiger charge is 2.32. The molecule has 0 atom stereocenters. The quantitative estimate of drug-likeness (QED) is 0.685. The van der Waals surface area contributed by atoms with Gasteiger partial charge in [0.1, 0.15) is 0 Å². The number of nitrogens with one attached hydrogen (secondary N) is 1. The van der Waals surface area contributed by atoms with Crippen molar-refractivity contribution < 1.29 is 18.0 Å². The van der Waals surface area contributed by atoms with Gasteiger partial charge in [-0.1, -0.05) is 18.2 Å². The Labute approximate surface area is 125 Å². The van der Waals surface area contributed by atoms with Gasteiger partial charge in [-0.2, -0.15) is 18.3 Å². The van der Waals surface area contributed by atoms with Gasteiger partial charge in [-0.05, 0) is 18.2 Å². The van der Waals surface area contributed by atoms with Crippen LogP contribution in [-0.4, -0.2) is 16.7 Å². The van der Waals surface area contributed by atoms with Crippen LogP contribution >= 0.6 is 0 Å². The van der Waals surface area contributed by atoms with Crippen LogP contribution in [0.3, 0.4) is 0 Å². The average Bonchev–Trinajstić information content (AvgIpc) is 2.83. The molecule has 1 heterocycles. The zero-order valence-electron chi connectivity index (χ0n) is 11.8. The number of halogens is 3. The average molecular weight is 309 g/mol. The zero-order chi connectivity index (χ0) is 16.2. The molecular formula is C15H14F3N3O. The molecule has 1 N–H and O–H groups in total. The number of hydrazone groups is 1. The first kappa shape index (κ1) is 15.8. The number of rotatable bonds is 4. The molecule has 0 bridgehead atoms. The molecular weight excluding hydrogens is 295 g/mol. The third-order valence-corrected chi connectivity index (χ3v) is 3.05. The molecule has 7 heteroatoms. The molecule has 1 aromatic heterocycles. The summed E-state index contributed by atoms with van der Waals surface area (Å²) in [6.45, 7) is 0. The van der Waals surface area contributed by atoms with Crippen LogP contribution in [0.2, 0.25) is 0 Å². The maximum atomic E-state index is 12.8. The highest BCUT2D eigenvalue weighted by Crippen LogP contribution is 2.30. The molecule has 2 rings (SSSR count). The van der Waals surface area contributed by atoms with Gasteiger partial charge in [0.25, 0.3) is 0 Å². The van der Waals surface area contributed by atoms with E-state index < -0.39 is 17.6 Å². The molecule has 0 fully saturated rings. The second-order valence-electron chi connectivity index (χ2n) is 4.67. The van der Waals surface area contributed by atoms with E-state index in [-0.39, 0.29) is 12.0 Å². The fraction of sp³-hybridized carbons (Fsp3) is 0.200. The van der Waals surface area contributed by atoms with Crippen molar-refractivity contribution in [3.63, 3.8) is 0 Å². The molecule has 1 amide bonds. The maximum absolute atomic E-state index is 12.8. The van der Waals surface area contributed by atoms with Gasteiger partial charge in [0.15, 0.2) is 0 Å². The van der Waals surface area contributed by atoms with Crippen molar-refractivity contribution >= 4 is 12.1 Å². The first-order chi connectivity index (χ1) is 10.4. The van der Waals surface area contributed by atoms with Gasteiger partial charge in [-0.15, -0.1) is 0 Å². The fourth-order valence-electron chi connectivity index (χ4n) is 1.93. The molecule has 0 unspecified atom stereocenters. The van der Waals surface area contributed by atoms with E-state index in [9.17, 15) is 18.0 Å². The summed E-state index contributed by atoms with van der Waals surface area (Å²) < 4.78 is 40.1. The monoisotopic (exact) mass is 309 g/mol. The Morgan fingerprint density at radius 1 is 1.27 bits per heavy atom. The third kappa shape index (κ3) is 3.97. The fourth-order valence-corrected chi connectivity index (χ4v) is 1.93. The number of benzene rings is 1. The van der Waals surface area contributed by atoms with Crippen molar-refractivity contribution in [3.05, 3.63) is 59.4 Å². The molecule has 0 saturated carbocycles. The highest BCUT2D eigenvalue weighted by molar-refractivity contribution is 5.84. The topological polar surface area (TPSA) is 46.4 Å². The number of hydrogen-bond donors (Lipinski definition) is 1. The van der Waals surface area contributed by atoms with Crippen molar-refractivity contribution in [2.24, 2.45) is 12.1 Å². The van der Waals surface area contributed by atoms with Gasteiger partial charge < -0.3 is 4.57 Å². The van der Waals surface area contributed by atoms with Crippen molar-refractivity contribution in [2.75, 3.05) is 0 Å². The largest absolute Gasteiger partial charge is 0.417 e. The van der Waals surface area contributed by atoms with Crippen LogP contribution in [0.5, 0.6) is 0 Å². The van der Waals surface area contributed by atoms with Gasteiger partial charge in [0.05, 0.1) is 18.2 Å². The van der Waals surface area contributed by atoms with E-state index >= 15 is 0 Å². The first-order valence-electron chi connectivity index (χ1n) is 6.46. The molecule has 4 nitrogen and oxygen atoms in total. The molecule has 116 valence electrons. The van der Waals surface area contributed by atoms with Gasteiger partial charge in [0.2, 0.25) is 5.91 Å². The summed E-state index contributed by atoms with van der Waals surface area (Å²) in [5.41, 5.74) is 2.11. The van der Waals surface area contributed by atoms with Crippen LogP contribution < -0.4 is 5.43 Å². The molecule has 0 spiro atoms. The van der Waals surface area contributed by atoms with Gasteiger partial charge >= 0.3 is 6.18 Å². The molecule has 22 heavy (non-hydrogen) atoms. The normalized spacial score (nSPS) is 11.8. The lowest BCUT2D eigenvalue weighted by molar-refractivity contribution is -0.137. The minimum Gasteiger partial charge on any atom is -0.354 e. The summed E-state index contributed by atoms with van der Waals surface area (Å²) in [5.74, 6) is -0.400. The van der Waals surface area contributed by atoms with Crippen molar-refractivity contribution in [1.82, 2.24) is 9.99 Å². The zero-order valence-corrected chi connectivity index (χ0v) is 11.8. The van der Waals surface area contributed by atoms with Crippen LogP contribution in [0.25, 0.3) is 0 Å². The Morgan fingerprint density at radius 2 is 2.00 bits per heavy atom. The lowest BCUT2D eigenvalue weighted by atomic mass is 10.1. The van der Waals surface area contributed by atoms with E-state index in [4.69, 9.17) is 0 Å². The van der Waals surface area contributed by atoms with Crippen molar-refractivity contribution in [2.45, 2.75) is 12.6 Å². The van der Waals surface area contributed by atoms with E-state index in [0.29, 0.717) is 0 Å². The number of carbonyl (C=O) groups excluding carboxylic acids is 1. The minimum absolute atomic E-state index is 0.0990. The summed E-state index contributed by atoms with van der Waals surface area (Å²) in [6, 6.07) is 8.60. The smallest absolute Gasteiger partial charge is 0.354 e. The first-order valence-corrected chi connectivity index (χ1v) is 6.46. The molecule has 1 aromatic carbocycles. The van der Waals surface area contributed by atoms with Crippen LogP contribution in [0.15, 0.2) is 47.7 Å². The second kappa shape index (κ2) is 6.46. The standard InChI is InChI=1S/C15H14F3N3O/c1-21-8-4-6-12(21)9-14(22)20-19-10-11-5-2-3-7-13(11)15(16,17)18/h2-8,10H,9H2,1H3,(H,20,22)/b19-10-. The summed E-state index contributed by atoms with van der Waals surface area (Å²) in [4.78, 5) is 11.7. The number of aryl methyl sites for hydroxylation is 1. The Morgan fingerprint density at radius 3 is 2.64 bits per heavy atom. The number of alkyl halides is 3. The number of amides is 1. The van der Waals surface area contributed by atoms with E-state index in [1.54, 1.807) is 29.9 Å². The molecule has 0 radical (unpaired) electrons. The maximum Gasteiger partial charge on any atom is 0.417 e. The Bertz CT molecular complexity index is 689. The highest BCUT2D eigenvalue weighted by atomic mass is 19.4. The van der Waals surface area contributed by atoms with Crippen molar-refractivity contribution in [1.29, 1.82) is 0 Å². The summed E-state index contributed by atoms with van der Waals surface area (Å²) in [7, 11) is 1.80. The van der Waals surface area contributed by atoms with Gasteiger partial charge in [-0.3, -0.25) is 4.79 Å². The number of carbonyl (C=O) groups is 1.